The van der Waals surface area contributed by atoms with E-state index in [4.69, 9.17) is 0 Å². The van der Waals surface area contributed by atoms with E-state index in [-0.39, 0.29) is 78.3 Å². The third kappa shape index (κ3) is 5.87. The van der Waals surface area contributed by atoms with Crippen molar-refractivity contribution >= 4 is 65.6 Å². The molecule has 0 saturated heterocycles. The van der Waals surface area contributed by atoms with Crippen molar-refractivity contribution in [3.8, 4) is 5.75 Å². The fraction of sp³-hybridized carbons (Fsp3) is 0.296. The molecule has 0 aliphatic carbocycles. The molecule has 41 heavy (non-hydrogen) atoms. The number of rotatable bonds is 11. The van der Waals surface area contributed by atoms with Gasteiger partial charge in [-0.05, 0) is 6.92 Å². The molecule has 0 saturated carbocycles. The van der Waals surface area contributed by atoms with Gasteiger partial charge >= 0.3 is 215 Å². The van der Waals surface area contributed by atoms with Crippen LogP contribution in [-0.4, -0.2) is 66.5 Å². The van der Waals surface area contributed by atoms with Crippen LogP contribution in [0.5, 0.6) is 5.75 Å². The van der Waals surface area contributed by atoms with Crippen LogP contribution in [-0.2, 0) is 50.7 Å². The topological polar surface area (TPSA) is 155 Å². The van der Waals surface area contributed by atoms with Crippen molar-refractivity contribution in [2.45, 2.75) is 41.4 Å². The molecule has 2 N–H and O–H groups in total. The summed E-state index contributed by atoms with van der Waals surface area (Å²) >= 11 is 0.883. The number of amides is 1. The predicted molar refractivity (Wildman–Crippen MR) is 154 cm³/mol. The first-order valence-corrected chi connectivity index (χ1v) is 19.8. The number of benzene rings is 4. The quantitative estimate of drug-likeness (QED) is 0.104. The van der Waals surface area contributed by atoms with Crippen LogP contribution in [0.3, 0.4) is 0 Å². The summed E-state index contributed by atoms with van der Waals surface area (Å²) in [5.41, 5.74) is 0.338. The SMILES string of the molecule is C=C(C)C(=O)NCCCN(CCC)S(=O)(=O)c1cc(O)c2ccc3c([S](=O)(=O)[Mo])cc(S(C)(=O)=O)c4ccc1c2c43. The van der Waals surface area contributed by atoms with Crippen molar-refractivity contribution in [3.63, 3.8) is 0 Å². The van der Waals surface area contributed by atoms with Gasteiger partial charge in [0.2, 0.25) is 5.91 Å². The van der Waals surface area contributed by atoms with E-state index < -0.39 is 27.4 Å². The molecule has 0 aliphatic rings. The van der Waals surface area contributed by atoms with Gasteiger partial charge in [-0.2, -0.15) is 0 Å². The third-order valence-electron chi connectivity index (χ3n) is 6.78. The van der Waals surface area contributed by atoms with E-state index in [1.807, 2.05) is 6.92 Å². The van der Waals surface area contributed by atoms with Gasteiger partial charge in [0.1, 0.15) is 0 Å². The van der Waals surface area contributed by atoms with E-state index in [1.54, 1.807) is 6.92 Å². The molecule has 10 nitrogen and oxygen atoms in total. The van der Waals surface area contributed by atoms with Crippen LogP contribution in [0.15, 0.2) is 63.2 Å². The molecule has 0 atom stereocenters. The van der Waals surface area contributed by atoms with Crippen molar-refractivity contribution in [3.05, 3.63) is 48.6 Å². The van der Waals surface area contributed by atoms with E-state index in [1.165, 1.54) is 28.6 Å². The molecule has 1 amide bonds. The fourth-order valence-corrected chi connectivity index (χ4v) is 9.43. The summed E-state index contributed by atoms with van der Waals surface area (Å²) in [7, 11) is -12.0. The molecular weight excluding hydrogens is 672 g/mol. The number of sulfonamides is 1. The second-order valence-electron chi connectivity index (χ2n) is 9.86. The Labute approximate surface area is 249 Å². The second-order valence-corrected chi connectivity index (χ2v) is 18.3. The molecule has 14 heteroatoms. The summed E-state index contributed by atoms with van der Waals surface area (Å²) in [6.07, 6.45) is 1.80. The normalized spacial score (nSPS) is 13.0. The third-order valence-corrected chi connectivity index (χ3v) is 12.1. The van der Waals surface area contributed by atoms with E-state index in [0.717, 1.165) is 36.9 Å². The predicted octanol–water partition coefficient (Wildman–Crippen LogP) is 3.41. The van der Waals surface area contributed by atoms with Crippen molar-refractivity contribution < 1.29 is 53.7 Å². The summed E-state index contributed by atoms with van der Waals surface area (Å²) in [6.45, 7) is 7.47. The van der Waals surface area contributed by atoms with Gasteiger partial charge in [-0.3, -0.25) is 4.79 Å². The van der Waals surface area contributed by atoms with Crippen LogP contribution in [0.2, 0.25) is 0 Å². The Balaban J connectivity index is 1.98. The van der Waals surface area contributed by atoms with Crippen LogP contribution in [0, 0.1) is 0 Å². The zero-order valence-electron chi connectivity index (χ0n) is 22.6. The Morgan fingerprint density at radius 1 is 0.902 bits per heavy atom. The first-order chi connectivity index (χ1) is 19.0. The van der Waals surface area contributed by atoms with Gasteiger partial charge in [-0.25, -0.2) is 0 Å². The maximum absolute atomic E-state index is 14.0. The molecule has 4 aromatic carbocycles. The molecule has 0 heterocycles. The Morgan fingerprint density at radius 2 is 1.44 bits per heavy atom. The first kappa shape index (κ1) is 31.4. The van der Waals surface area contributed by atoms with Gasteiger partial charge in [0.15, 0.2) is 0 Å². The molecule has 4 rings (SSSR count). The zero-order valence-corrected chi connectivity index (χ0v) is 27.0. The number of hydrogen-bond acceptors (Lipinski definition) is 8. The molecule has 0 aromatic heterocycles. The number of nitrogens with zero attached hydrogens (tertiary/aromatic N) is 1. The Hall–Kier alpha value is -2.57. The summed E-state index contributed by atoms with van der Waals surface area (Å²) in [5.74, 6) is -0.671. The maximum atomic E-state index is 14.0. The van der Waals surface area contributed by atoms with Crippen molar-refractivity contribution in [1.29, 1.82) is 0 Å². The first-order valence-electron chi connectivity index (χ1n) is 12.6. The number of nitrogens with one attached hydrogen (secondary N) is 1. The minimum atomic E-state index is -4.20. The molecule has 0 spiro atoms. The summed E-state index contributed by atoms with van der Waals surface area (Å²) in [6, 6.07) is 8.24. The molecule has 0 fully saturated rings. The van der Waals surface area contributed by atoms with E-state index in [9.17, 15) is 35.2 Å². The van der Waals surface area contributed by atoms with Gasteiger partial charge in [0.25, 0.3) is 0 Å². The van der Waals surface area contributed by atoms with Crippen molar-refractivity contribution in [2.75, 3.05) is 25.9 Å². The van der Waals surface area contributed by atoms with Crippen molar-refractivity contribution in [2.24, 2.45) is 0 Å². The van der Waals surface area contributed by atoms with Gasteiger partial charge in [0, 0.05) is 5.57 Å². The Kier molecular flexibility index (Phi) is 8.61. The molecule has 219 valence electrons. The molecule has 0 radical (unpaired) electrons. The number of carbonyl (C=O) groups is 1. The standard InChI is InChI=1S/C27H29N2O8S3.Mo/c1-5-12-29(13-6-11-28-27(31)16(2)3)40(36,37)24-14-21(30)17-7-8-18-22(38(32)33)15-23(39(4,34)35)19-9-10-20(24)25(17)26(18)19;/h7-10,14-15,30H,2,5-6,11-13H2,1,3-4H3,(H,28,31);. The van der Waals surface area contributed by atoms with Crippen LogP contribution in [0.25, 0.3) is 32.3 Å². The average molecular weight is 702 g/mol. The molecule has 0 bridgehead atoms. The molecule has 0 unspecified atom stereocenters. The summed E-state index contributed by atoms with van der Waals surface area (Å²) < 4.78 is 80.3. The van der Waals surface area contributed by atoms with Gasteiger partial charge in [-0.15, -0.1) is 0 Å². The number of phenolic OH excluding ortho intramolecular Hbond substituents is 1. The molecule has 0 aliphatic heterocycles. The van der Waals surface area contributed by atoms with E-state index in [0.29, 0.717) is 18.4 Å². The Bertz CT molecular complexity index is 1990. The van der Waals surface area contributed by atoms with Gasteiger partial charge in [-0.1, -0.05) is 6.58 Å². The second kappa shape index (κ2) is 11.3. The Morgan fingerprint density at radius 3 is 1.98 bits per heavy atom. The van der Waals surface area contributed by atoms with E-state index in [2.05, 4.69) is 11.9 Å². The minimum absolute atomic E-state index is 0.0895. The van der Waals surface area contributed by atoms with Crippen LogP contribution in [0.4, 0.5) is 0 Å². The van der Waals surface area contributed by atoms with Gasteiger partial charge in [0.05, 0.1) is 0 Å². The molecule has 4 aromatic rings. The fourth-order valence-electron chi connectivity index (χ4n) is 4.96. The van der Waals surface area contributed by atoms with Crippen LogP contribution >= 0.6 is 0 Å². The van der Waals surface area contributed by atoms with Gasteiger partial charge < -0.3 is 5.32 Å². The van der Waals surface area contributed by atoms with Crippen LogP contribution in [0.1, 0.15) is 26.7 Å². The summed E-state index contributed by atoms with van der Waals surface area (Å²) in [5, 5.41) is 15.1. The number of aromatic hydroxyl groups is 1. The summed E-state index contributed by atoms with van der Waals surface area (Å²) in [4.78, 5) is 11.2. The van der Waals surface area contributed by atoms with E-state index >= 15 is 0 Å². The van der Waals surface area contributed by atoms with Crippen LogP contribution < -0.4 is 5.32 Å². The number of carbonyl (C=O) groups excluding carboxylic acids is 1. The number of phenols is 1. The molecular formula is C27H29MoN2O8S3. The monoisotopic (exact) mass is 703 g/mol. The number of sulfone groups is 1. The zero-order chi connectivity index (χ0) is 30.5. The number of hydrogen-bond donors (Lipinski definition) is 2. The van der Waals surface area contributed by atoms with Crippen molar-refractivity contribution in [1.82, 2.24) is 9.62 Å². The average Bonchev–Trinajstić information content (AvgIpc) is 2.87.